The minimum absolute atomic E-state index is 0.0688. The first-order valence-corrected chi connectivity index (χ1v) is 6.98. The number of halogens is 1. The molecule has 126 valence electrons. The summed E-state index contributed by atoms with van der Waals surface area (Å²) >= 11 is 0. The molecule has 1 unspecified atom stereocenters. The second-order valence-corrected chi connectivity index (χ2v) is 5.22. The van der Waals surface area contributed by atoms with Gasteiger partial charge in [0, 0.05) is 18.5 Å². The van der Waals surface area contributed by atoms with Crippen LogP contribution in [-0.2, 0) is 9.59 Å². The monoisotopic (exact) mass is 326 g/mol. The molecule has 0 bridgehead atoms. The van der Waals surface area contributed by atoms with Crippen LogP contribution < -0.4 is 10.6 Å². The number of carbonyl (C=O) groups is 3. The molecule has 0 aromatic heterocycles. The summed E-state index contributed by atoms with van der Waals surface area (Å²) in [6.07, 6.45) is 0.410. The zero-order valence-corrected chi connectivity index (χ0v) is 12.6. The molecule has 8 heteroatoms. The van der Waals surface area contributed by atoms with Crippen molar-refractivity contribution < 1.29 is 29.0 Å². The molecule has 0 aliphatic carbocycles. The molecule has 23 heavy (non-hydrogen) atoms. The van der Waals surface area contributed by atoms with Crippen LogP contribution in [0.25, 0.3) is 0 Å². The summed E-state index contributed by atoms with van der Waals surface area (Å²) < 4.78 is 12.7. The average molecular weight is 326 g/mol. The maximum atomic E-state index is 12.7. The van der Waals surface area contributed by atoms with Crippen LogP contribution in [-0.4, -0.2) is 46.7 Å². The summed E-state index contributed by atoms with van der Waals surface area (Å²) in [6, 6.07) is 5.06. The zero-order chi connectivity index (χ0) is 17.5. The van der Waals surface area contributed by atoms with Crippen molar-refractivity contribution in [2.24, 2.45) is 0 Å². The largest absolute Gasteiger partial charge is 0.479 e. The van der Waals surface area contributed by atoms with Crippen LogP contribution in [0.5, 0.6) is 0 Å². The highest BCUT2D eigenvalue weighted by Gasteiger charge is 2.30. The Morgan fingerprint density at radius 3 is 2.35 bits per heavy atom. The van der Waals surface area contributed by atoms with Crippen LogP contribution in [0.15, 0.2) is 24.3 Å². The lowest BCUT2D eigenvalue weighted by Gasteiger charge is -2.18. The van der Waals surface area contributed by atoms with Gasteiger partial charge < -0.3 is 20.8 Å². The quantitative estimate of drug-likeness (QED) is 0.512. The number of hydrogen-bond donors (Lipinski definition) is 4. The maximum absolute atomic E-state index is 12.7. The second-order valence-electron chi connectivity index (χ2n) is 5.22. The number of rotatable bonds is 8. The molecule has 0 aliphatic rings. The number of carbonyl (C=O) groups excluding carboxylic acids is 2. The van der Waals surface area contributed by atoms with Crippen molar-refractivity contribution in [1.82, 2.24) is 10.6 Å². The molecule has 4 N–H and O–H groups in total. The molecule has 0 heterocycles. The number of amides is 2. The van der Waals surface area contributed by atoms with Crippen molar-refractivity contribution in [2.75, 3.05) is 13.1 Å². The van der Waals surface area contributed by atoms with Crippen LogP contribution >= 0.6 is 0 Å². The van der Waals surface area contributed by atoms with Gasteiger partial charge in [-0.1, -0.05) is 0 Å². The first kappa shape index (κ1) is 18.6. The lowest BCUT2D eigenvalue weighted by atomic mass is 10.1. The molecule has 1 aromatic rings. The summed E-state index contributed by atoms with van der Waals surface area (Å²) in [5, 5.41) is 23.0. The van der Waals surface area contributed by atoms with Gasteiger partial charge in [0.1, 0.15) is 5.82 Å². The molecular formula is C15H19FN2O5. The highest BCUT2D eigenvalue weighted by molar-refractivity contribution is 5.94. The van der Waals surface area contributed by atoms with Crippen molar-refractivity contribution >= 4 is 17.8 Å². The van der Waals surface area contributed by atoms with Crippen LogP contribution in [0.4, 0.5) is 4.39 Å². The van der Waals surface area contributed by atoms with Crippen LogP contribution in [0.3, 0.4) is 0 Å². The summed E-state index contributed by atoms with van der Waals surface area (Å²) in [4.78, 5) is 33.8. The van der Waals surface area contributed by atoms with Gasteiger partial charge in [-0.2, -0.15) is 0 Å². The third-order valence-corrected chi connectivity index (χ3v) is 3.06. The van der Waals surface area contributed by atoms with Gasteiger partial charge in [-0.3, -0.25) is 9.59 Å². The fraction of sp³-hybridized carbons (Fsp3) is 0.400. The highest BCUT2D eigenvalue weighted by atomic mass is 19.1. The molecule has 0 radical (unpaired) electrons. The fourth-order valence-corrected chi connectivity index (χ4v) is 1.59. The Morgan fingerprint density at radius 1 is 1.17 bits per heavy atom. The van der Waals surface area contributed by atoms with Gasteiger partial charge in [-0.15, -0.1) is 0 Å². The molecule has 0 aliphatic heterocycles. The first-order chi connectivity index (χ1) is 10.7. The van der Waals surface area contributed by atoms with Crippen molar-refractivity contribution in [3.8, 4) is 0 Å². The first-order valence-electron chi connectivity index (χ1n) is 6.98. The van der Waals surface area contributed by atoms with Crippen molar-refractivity contribution in [1.29, 1.82) is 0 Å². The maximum Gasteiger partial charge on any atom is 0.337 e. The van der Waals surface area contributed by atoms with Gasteiger partial charge >= 0.3 is 5.97 Å². The van der Waals surface area contributed by atoms with Gasteiger partial charge in [-0.05, 0) is 37.6 Å². The van der Waals surface area contributed by atoms with E-state index in [4.69, 9.17) is 5.11 Å². The Hall–Kier alpha value is -2.48. The second kappa shape index (κ2) is 8.23. The van der Waals surface area contributed by atoms with E-state index >= 15 is 0 Å². The number of nitrogens with one attached hydrogen (secondary N) is 2. The Morgan fingerprint density at radius 2 is 1.78 bits per heavy atom. The molecule has 1 atom stereocenters. The van der Waals surface area contributed by atoms with Gasteiger partial charge in [0.2, 0.25) is 5.91 Å². The van der Waals surface area contributed by atoms with Crippen LogP contribution in [0.1, 0.15) is 30.1 Å². The topological polar surface area (TPSA) is 116 Å². The number of benzene rings is 1. The number of carboxylic acids is 1. The molecule has 1 aromatic carbocycles. The lowest BCUT2D eigenvalue weighted by molar-refractivity contribution is -0.156. The standard InChI is InChI=1S/C15H19FN2O5/c1-15(23,14(21)22)9-18-12(19)3-2-8-17-13(20)10-4-6-11(16)7-5-10/h4-7,23H,2-3,8-9H2,1H3,(H,17,20)(H,18,19)(H,21,22). The van der Waals surface area contributed by atoms with E-state index < -0.39 is 29.8 Å². The van der Waals surface area contributed by atoms with Crippen LogP contribution in [0, 0.1) is 5.82 Å². The molecule has 1 rings (SSSR count). The molecule has 0 saturated carbocycles. The molecule has 0 saturated heterocycles. The summed E-state index contributed by atoms with van der Waals surface area (Å²) in [7, 11) is 0. The summed E-state index contributed by atoms with van der Waals surface area (Å²) in [5.41, 5.74) is -1.71. The van der Waals surface area contributed by atoms with E-state index in [1.165, 1.54) is 24.3 Å². The van der Waals surface area contributed by atoms with Gasteiger partial charge in [0.25, 0.3) is 5.91 Å². The Bertz CT molecular complexity index is 572. The third-order valence-electron chi connectivity index (χ3n) is 3.06. The number of hydrogen-bond acceptors (Lipinski definition) is 4. The van der Waals surface area contributed by atoms with E-state index in [9.17, 15) is 23.9 Å². The van der Waals surface area contributed by atoms with Crippen LogP contribution in [0.2, 0.25) is 0 Å². The normalized spacial score (nSPS) is 13.0. The molecule has 2 amide bonds. The van der Waals surface area contributed by atoms with Crippen molar-refractivity contribution in [3.05, 3.63) is 35.6 Å². The highest BCUT2D eigenvalue weighted by Crippen LogP contribution is 2.03. The van der Waals surface area contributed by atoms with E-state index in [2.05, 4.69) is 10.6 Å². The van der Waals surface area contributed by atoms with Gasteiger partial charge in [0.15, 0.2) is 5.60 Å². The SMILES string of the molecule is CC(O)(CNC(=O)CCCNC(=O)c1ccc(F)cc1)C(=O)O. The Labute approximate surface area is 132 Å². The average Bonchev–Trinajstić information content (AvgIpc) is 2.50. The minimum atomic E-state index is -2.02. The predicted octanol–water partition coefficient (Wildman–Crippen LogP) is 0.287. The number of aliphatic carboxylic acids is 1. The minimum Gasteiger partial charge on any atom is -0.479 e. The molecular weight excluding hydrogens is 307 g/mol. The van der Waals surface area contributed by atoms with E-state index in [0.717, 1.165) is 6.92 Å². The fourth-order valence-electron chi connectivity index (χ4n) is 1.59. The Kier molecular flexibility index (Phi) is 6.65. The molecule has 0 fully saturated rings. The number of carboxylic acid groups (broad SMARTS) is 1. The van der Waals surface area contributed by atoms with E-state index in [-0.39, 0.29) is 18.9 Å². The summed E-state index contributed by atoms with van der Waals surface area (Å²) in [5.74, 6) is -2.67. The number of aliphatic hydroxyl groups is 1. The third kappa shape index (κ3) is 6.43. The van der Waals surface area contributed by atoms with E-state index in [1.54, 1.807) is 0 Å². The summed E-state index contributed by atoms with van der Waals surface area (Å²) in [6.45, 7) is 0.917. The van der Waals surface area contributed by atoms with Crippen molar-refractivity contribution in [2.45, 2.75) is 25.4 Å². The van der Waals surface area contributed by atoms with Gasteiger partial charge in [0.05, 0.1) is 6.54 Å². The lowest BCUT2D eigenvalue weighted by Crippen LogP contribution is -2.46. The zero-order valence-electron chi connectivity index (χ0n) is 12.6. The molecule has 0 spiro atoms. The van der Waals surface area contributed by atoms with E-state index in [0.29, 0.717) is 12.0 Å². The predicted molar refractivity (Wildman–Crippen MR) is 79.2 cm³/mol. The molecule has 7 nitrogen and oxygen atoms in total. The van der Waals surface area contributed by atoms with Crippen molar-refractivity contribution in [3.63, 3.8) is 0 Å². The smallest absolute Gasteiger partial charge is 0.337 e. The van der Waals surface area contributed by atoms with Gasteiger partial charge in [-0.25, -0.2) is 9.18 Å². The Balaban J connectivity index is 2.24. The van der Waals surface area contributed by atoms with E-state index in [1.807, 2.05) is 0 Å².